The van der Waals surface area contributed by atoms with E-state index in [2.05, 4.69) is 10.3 Å². The first-order chi connectivity index (χ1) is 10.2. The molecule has 2 fully saturated rings. The highest BCUT2D eigenvalue weighted by atomic mass is 32.2. The molecule has 1 atom stereocenters. The van der Waals surface area contributed by atoms with E-state index in [9.17, 15) is 9.59 Å². The van der Waals surface area contributed by atoms with E-state index in [0.29, 0.717) is 17.9 Å². The molecule has 2 saturated heterocycles. The summed E-state index contributed by atoms with van der Waals surface area (Å²) in [6.07, 6.45) is 4.46. The molecular weight excluding hydrogens is 288 g/mol. The van der Waals surface area contributed by atoms with Crippen molar-refractivity contribution in [1.82, 2.24) is 19.6 Å². The summed E-state index contributed by atoms with van der Waals surface area (Å²) in [7, 11) is 0. The number of rotatable bonds is 2. The standard InChI is InChI=1S/C14H14N4O2S/c19-12-14(4-6-21-9-14)16-13(20)18(12)8-10-7-17-5-2-1-3-11(17)15-10/h1-3,5,7H,4,6,8-9H2,(H,16,20). The van der Waals surface area contributed by atoms with Crippen molar-refractivity contribution >= 4 is 29.3 Å². The first-order valence-corrected chi connectivity index (χ1v) is 7.98. The summed E-state index contributed by atoms with van der Waals surface area (Å²) in [5, 5.41) is 2.87. The third-order valence-electron chi connectivity index (χ3n) is 4.00. The molecule has 0 aromatic carbocycles. The Bertz CT molecular complexity index is 702. The van der Waals surface area contributed by atoms with Crippen LogP contribution in [0.1, 0.15) is 12.1 Å². The number of urea groups is 1. The van der Waals surface area contributed by atoms with Crippen LogP contribution < -0.4 is 5.32 Å². The van der Waals surface area contributed by atoms with Gasteiger partial charge in [-0.05, 0) is 24.3 Å². The van der Waals surface area contributed by atoms with Gasteiger partial charge in [-0.3, -0.25) is 9.69 Å². The molecule has 0 radical (unpaired) electrons. The minimum absolute atomic E-state index is 0.116. The zero-order valence-corrected chi connectivity index (χ0v) is 12.1. The molecule has 4 rings (SSSR count). The molecule has 1 spiro atoms. The highest BCUT2D eigenvalue weighted by Crippen LogP contribution is 2.33. The van der Waals surface area contributed by atoms with Crippen LogP contribution in [0, 0.1) is 0 Å². The van der Waals surface area contributed by atoms with E-state index < -0.39 is 5.54 Å². The summed E-state index contributed by atoms with van der Waals surface area (Å²) in [4.78, 5) is 30.4. The molecule has 0 aliphatic carbocycles. The van der Waals surface area contributed by atoms with Crippen LogP contribution in [-0.2, 0) is 11.3 Å². The van der Waals surface area contributed by atoms with Crippen molar-refractivity contribution < 1.29 is 9.59 Å². The number of fused-ring (bicyclic) bond motifs is 1. The second-order valence-electron chi connectivity index (χ2n) is 5.40. The van der Waals surface area contributed by atoms with Gasteiger partial charge in [0, 0.05) is 18.1 Å². The van der Waals surface area contributed by atoms with Crippen molar-refractivity contribution in [2.24, 2.45) is 0 Å². The highest BCUT2D eigenvalue weighted by Gasteiger charge is 2.52. The van der Waals surface area contributed by atoms with Crippen molar-refractivity contribution in [1.29, 1.82) is 0 Å². The number of amides is 3. The van der Waals surface area contributed by atoms with Gasteiger partial charge in [0.15, 0.2) is 0 Å². The second kappa shape index (κ2) is 4.49. The van der Waals surface area contributed by atoms with Crippen molar-refractivity contribution in [2.75, 3.05) is 11.5 Å². The van der Waals surface area contributed by atoms with Crippen molar-refractivity contribution in [3.63, 3.8) is 0 Å². The predicted molar refractivity (Wildman–Crippen MR) is 78.9 cm³/mol. The molecule has 108 valence electrons. The lowest BCUT2D eigenvalue weighted by molar-refractivity contribution is -0.130. The number of hydrogen-bond acceptors (Lipinski definition) is 4. The van der Waals surface area contributed by atoms with Gasteiger partial charge in [-0.2, -0.15) is 11.8 Å². The molecule has 2 aromatic heterocycles. The van der Waals surface area contributed by atoms with E-state index in [1.807, 2.05) is 35.0 Å². The van der Waals surface area contributed by atoms with E-state index in [-0.39, 0.29) is 18.5 Å². The molecule has 2 aliphatic heterocycles. The zero-order chi connectivity index (χ0) is 14.4. The summed E-state index contributed by atoms with van der Waals surface area (Å²) in [5.74, 6) is 1.46. The molecular formula is C14H14N4O2S. The number of imidazole rings is 1. The molecule has 6 nitrogen and oxygen atoms in total. The van der Waals surface area contributed by atoms with Crippen LogP contribution in [0.2, 0.25) is 0 Å². The van der Waals surface area contributed by atoms with E-state index in [4.69, 9.17) is 0 Å². The third kappa shape index (κ3) is 1.91. The molecule has 2 aromatic rings. The maximum absolute atomic E-state index is 12.6. The van der Waals surface area contributed by atoms with Crippen LogP contribution >= 0.6 is 11.8 Å². The van der Waals surface area contributed by atoms with Gasteiger partial charge in [-0.15, -0.1) is 0 Å². The van der Waals surface area contributed by atoms with Crippen LogP contribution in [0.15, 0.2) is 30.6 Å². The Morgan fingerprint density at radius 3 is 3.05 bits per heavy atom. The Balaban J connectivity index is 1.61. The first kappa shape index (κ1) is 12.7. The van der Waals surface area contributed by atoms with Crippen LogP contribution in [0.5, 0.6) is 0 Å². The normalized spacial score (nSPS) is 25.2. The van der Waals surface area contributed by atoms with Gasteiger partial charge in [0.2, 0.25) is 0 Å². The maximum Gasteiger partial charge on any atom is 0.325 e. The third-order valence-corrected chi connectivity index (χ3v) is 5.19. The zero-order valence-electron chi connectivity index (χ0n) is 11.3. The molecule has 1 N–H and O–H groups in total. The molecule has 3 amide bonds. The Kier molecular flexibility index (Phi) is 2.72. The number of thioether (sulfide) groups is 1. The minimum atomic E-state index is -0.680. The highest BCUT2D eigenvalue weighted by molar-refractivity contribution is 7.99. The fraction of sp³-hybridized carbons (Fsp3) is 0.357. The maximum atomic E-state index is 12.6. The topological polar surface area (TPSA) is 66.7 Å². The Labute approximate surface area is 125 Å². The number of imide groups is 1. The summed E-state index contributed by atoms with van der Waals surface area (Å²) in [6.45, 7) is 0.221. The van der Waals surface area contributed by atoms with Gasteiger partial charge in [0.1, 0.15) is 11.2 Å². The SMILES string of the molecule is O=C1NC2(CCSC2)C(=O)N1Cc1cn2ccccc2n1. The molecule has 2 aliphatic rings. The lowest BCUT2D eigenvalue weighted by Crippen LogP contribution is -2.46. The van der Waals surface area contributed by atoms with Crippen LogP contribution in [0.25, 0.3) is 5.65 Å². The fourth-order valence-electron chi connectivity index (χ4n) is 2.88. The van der Waals surface area contributed by atoms with Gasteiger partial charge in [0.25, 0.3) is 5.91 Å². The predicted octanol–water partition coefficient (Wildman–Crippen LogP) is 1.26. The van der Waals surface area contributed by atoms with Gasteiger partial charge in [-0.1, -0.05) is 6.07 Å². The monoisotopic (exact) mass is 302 g/mol. The van der Waals surface area contributed by atoms with E-state index in [1.165, 1.54) is 4.90 Å². The average Bonchev–Trinajstić information content (AvgIpc) is 3.14. The van der Waals surface area contributed by atoms with E-state index in [0.717, 1.165) is 11.4 Å². The fourth-order valence-corrected chi connectivity index (χ4v) is 4.20. The van der Waals surface area contributed by atoms with Gasteiger partial charge >= 0.3 is 6.03 Å². The Morgan fingerprint density at radius 2 is 2.29 bits per heavy atom. The van der Waals surface area contributed by atoms with Crippen molar-refractivity contribution in [2.45, 2.75) is 18.5 Å². The number of hydrogen-bond donors (Lipinski definition) is 1. The number of nitrogens with one attached hydrogen (secondary N) is 1. The second-order valence-corrected chi connectivity index (χ2v) is 6.51. The molecule has 0 bridgehead atoms. The summed E-state index contributed by atoms with van der Waals surface area (Å²) >= 11 is 1.71. The summed E-state index contributed by atoms with van der Waals surface area (Å²) < 4.78 is 1.88. The first-order valence-electron chi connectivity index (χ1n) is 6.82. The number of nitrogens with zero attached hydrogens (tertiary/aromatic N) is 3. The van der Waals surface area contributed by atoms with E-state index >= 15 is 0 Å². The molecule has 21 heavy (non-hydrogen) atoms. The lowest BCUT2D eigenvalue weighted by atomic mass is 9.99. The van der Waals surface area contributed by atoms with Crippen molar-refractivity contribution in [3.8, 4) is 0 Å². The molecule has 4 heterocycles. The average molecular weight is 302 g/mol. The number of carbonyl (C=O) groups excluding carboxylic acids is 2. The van der Waals surface area contributed by atoms with E-state index in [1.54, 1.807) is 11.8 Å². The molecule has 0 saturated carbocycles. The van der Waals surface area contributed by atoms with Gasteiger partial charge in [0.05, 0.1) is 12.2 Å². The quantitative estimate of drug-likeness (QED) is 0.848. The van der Waals surface area contributed by atoms with Crippen LogP contribution in [-0.4, -0.2) is 43.3 Å². The van der Waals surface area contributed by atoms with Crippen molar-refractivity contribution in [3.05, 3.63) is 36.3 Å². The minimum Gasteiger partial charge on any atom is -0.322 e. The smallest absolute Gasteiger partial charge is 0.322 e. The molecule has 7 heteroatoms. The Hall–Kier alpha value is -2.02. The number of pyridine rings is 1. The lowest BCUT2D eigenvalue weighted by Gasteiger charge is -2.18. The summed E-state index contributed by atoms with van der Waals surface area (Å²) in [5.41, 5.74) is 0.846. The molecule has 1 unspecified atom stereocenters. The largest absolute Gasteiger partial charge is 0.325 e. The number of carbonyl (C=O) groups is 2. The van der Waals surface area contributed by atoms with Gasteiger partial charge < -0.3 is 9.72 Å². The number of aromatic nitrogens is 2. The summed E-state index contributed by atoms with van der Waals surface area (Å²) in [6, 6.07) is 5.41. The Morgan fingerprint density at radius 1 is 1.38 bits per heavy atom. The van der Waals surface area contributed by atoms with Crippen LogP contribution in [0.4, 0.5) is 4.79 Å². The van der Waals surface area contributed by atoms with Gasteiger partial charge in [-0.25, -0.2) is 9.78 Å². The van der Waals surface area contributed by atoms with Crippen LogP contribution in [0.3, 0.4) is 0 Å².